The van der Waals surface area contributed by atoms with Crippen molar-refractivity contribution in [3.8, 4) is 11.5 Å². The number of carboxylic acid groups (broad SMARTS) is 1. The molecule has 3 aromatic rings. The fourth-order valence-electron chi connectivity index (χ4n) is 2.94. The van der Waals surface area contributed by atoms with Gasteiger partial charge in [-0.3, -0.25) is 4.79 Å². The molecule has 172 valence electrons. The molecule has 0 aliphatic rings. The SMILES string of the molecule is CC(Cc1ccc(Sc2ccc(Oc3cccc(C(=O)O)c3)cc2)cc1)NC(=O)C(F)(F)F. The fraction of sp³-hybridized carbons (Fsp3) is 0.167. The van der Waals surface area contributed by atoms with E-state index in [4.69, 9.17) is 9.84 Å². The molecule has 0 saturated carbocycles. The van der Waals surface area contributed by atoms with Crippen molar-refractivity contribution in [1.82, 2.24) is 5.32 Å². The fourth-order valence-corrected chi connectivity index (χ4v) is 3.76. The normalized spacial score (nSPS) is 12.1. The van der Waals surface area contributed by atoms with Crippen LogP contribution in [0.1, 0.15) is 22.8 Å². The summed E-state index contributed by atoms with van der Waals surface area (Å²) < 4.78 is 42.7. The van der Waals surface area contributed by atoms with E-state index >= 15 is 0 Å². The van der Waals surface area contributed by atoms with Crippen molar-refractivity contribution in [2.45, 2.75) is 35.4 Å². The Morgan fingerprint density at radius 1 is 0.970 bits per heavy atom. The first-order valence-electron chi connectivity index (χ1n) is 9.86. The van der Waals surface area contributed by atoms with E-state index in [9.17, 15) is 22.8 Å². The molecule has 0 bridgehead atoms. The average Bonchev–Trinajstić information content (AvgIpc) is 2.76. The molecule has 9 heteroatoms. The van der Waals surface area contributed by atoms with Gasteiger partial charge < -0.3 is 15.2 Å². The number of halogens is 3. The van der Waals surface area contributed by atoms with Crippen LogP contribution in [0.15, 0.2) is 82.6 Å². The zero-order valence-electron chi connectivity index (χ0n) is 17.4. The number of benzene rings is 3. The van der Waals surface area contributed by atoms with Crippen molar-refractivity contribution in [2.24, 2.45) is 0 Å². The van der Waals surface area contributed by atoms with E-state index in [1.165, 1.54) is 30.8 Å². The van der Waals surface area contributed by atoms with E-state index in [0.29, 0.717) is 11.5 Å². The van der Waals surface area contributed by atoms with Crippen LogP contribution in [0.25, 0.3) is 0 Å². The highest BCUT2D eigenvalue weighted by Crippen LogP contribution is 2.31. The minimum Gasteiger partial charge on any atom is -0.478 e. The molecule has 1 amide bonds. The van der Waals surface area contributed by atoms with Crippen molar-refractivity contribution in [3.05, 3.63) is 83.9 Å². The Kier molecular flexibility index (Phi) is 7.65. The third kappa shape index (κ3) is 7.28. The first-order valence-corrected chi connectivity index (χ1v) is 10.7. The lowest BCUT2D eigenvalue weighted by Gasteiger charge is -2.15. The van der Waals surface area contributed by atoms with E-state index < -0.39 is 24.1 Å². The van der Waals surface area contributed by atoms with Crippen LogP contribution in [0.2, 0.25) is 0 Å². The predicted molar refractivity (Wildman–Crippen MR) is 118 cm³/mol. The van der Waals surface area contributed by atoms with Crippen LogP contribution >= 0.6 is 11.8 Å². The van der Waals surface area contributed by atoms with Gasteiger partial charge in [-0.25, -0.2) is 4.79 Å². The largest absolute Gasteiger partial charge is 0.478 e. The van der Waals surface area contributed by atoms with Gasteiger partial charge in [0, 0.05) is 15.8 Å². The first-order chi connectivity index (χ1) is 15.6. The Balaban J connectivity index is 1.55. The molecule has 1 unspecified atom stereocenters. The van der Waals surface area contributed by atoms with Gasteiger partial charge in [0.1, 0.15) is 11.5 Å². The predicted octanol–water partition coefficient (Wildman–Crippen LogP) is 5.94. The summed E-state index contributed by atoms with van der Waals surface area (Å²) in [6.07, 6.45) is -4.61. The number of aromatic carboxylic acids is 1. The topological polar surface area (TPSA) is 75.6 Å². The summed E-state index contributed by atoms with van der Waals surface area (Å²) in [6.45, 7) is 1.52. The molecule has 0 aliphatic carbocycles. The number of hydrogen-bond donors (Lipinski definition) is 2. The Hall–Kier alpha value is -3.46. The van der Waals surface area contributed by atoms with Gasteiger partial charge in [0.15, 0.2) is 0 Å². The van der Waals surface area contributed by atoms with Crippen LogP contribution in [0, 0.1) is 0 Å². The van der Waals surface area contributed by atoms with Gasteiger partial charge in [-0.1, -0.05) is 30.0 Å². The smallest absolute Gasteiger partial charge is 0.471 e. The molecular formula is C24H20F3NO4S. The Morgan fingerprint density at radius 3 is 2.15 bits per heavy atom. The number of hydrogen-bond acceptors (Lipinski definition) is 4. The van der Waals surface area contributed by atoms with Gasteiger partial charge >= 0.3 is 18.1 Å². The summed E-state index contributed by atoms with van der Waals surface area (Å²) >= 11 is 1.50. The second-order valence-electron chi connectivity index (χ2n) is 7.23. The quantitative estimate of drug-likeness (QED) is 0.422. The third-order valence-corrected chi connectivity index (χ3v) is 5.49. The summed E-state index contributed by atoms with van der Waals surface area (Å²) in [4.78, 5) is 24.0. The minimum atomic E-state index is -4.89. The lowest BCUT2D eigenvalue weighted by Crippen LogP contribution is -2.42. The van der Waals surface area contributed by atoms with Crippen LogP contribution in [0.4, 0.5) is 13.2 Å². The molecular weight excluding hydrogens is 455 g/mol. The average molecular weight is 475 g/mol. The molecule has 1 atom stereocenters. The van der Waals surface area contributed by atoms with Crippen molar-refractivity contribution in [1.29, 1.82) is 0 Å². The first kappa shape index (κ1) is 24.2. The summed E-state index contributed by atoms with van der Waals surface area (Å²) in [7, 11) is 0. The van der Waals surface area contributed by atoms with Crippen LogP contribution in [0.5, 0.6) is 11.5 Å². The second-order valence-corrected chi connectivity index (χ2v) is 8.38. The summed E-state index contributed by atoms with van der Waals surface area (Å²) in [5, 5.41) is 11.0. The number of alkyl halides is 3. The van der Waals surface area contributed by atoms with Crippen molar-refractivity contribution < 1.29 is 32.6 Å². The number of nitrogens with one attached hydrogen (secondary N) is 1. The van der Waals surface area contributed by atoms with Gasteiger partial charge in [0.25, 0.3) is 0 Å². The van der Waals surface area contributed by atoms with Crippen molar-refractivity contribution in [2.75, 3.05) is 0 Å². The van der Waals surface area contributed by atoms with Crippen molar-refractivity contribution >= 4 is 23.6 Å². The van der Waals surface area contributed by atoms with E-state index in [2.05, 4.69) is 0 Å². The lowest BCUT2D eigenvalue weighted by molar-refractivity contribution is -0.174. The second kappa shape index (κ2) is 10.4. The van der Waals surface area contributed by atoms with E-state index in [1.54, 1.807) is 24.3 Å². The molecule has 5 nitrogen and oxygen atoms in total. The Bertz CT molecular complexity index is 1120. The van der Waals surface area contributed by atoms with Gasteiger partial charge in [0.2, 0.25) is 0 Å². The maximum atomic E-state index is 12.3. The molecule has 0 heterocycles. The lowest BCUT2D eigenvalue weighted by atomic mass is 10.1. The minimum absolute atomic E-state index is 0.139. The number of carbonyl (C=O) groups is 2. The van der Waals surface area contributed by atoms with Crippen LogP contribution in [0.3, 0.4) is 0 Å². The van der Waals surface area contributed by atoms with Gasteiger partial charge in [-0.15, -0.1) is 0 Å². The number of carbonyl (C=O) groups excluding carboxylic acids is 1. The molecule has 0 aliphatic heterocycles. The van der Waals surface area contributed by atoms with E-state index in [1.807, 2.05) is 41.7 Å². The molecule has 0 radical (unpaired) electrons. The number of carboxylic acids is 1. The summed E-state index contributed by atoms with van der Waals surface area (Å²) in [6, 6.07) is 20.2. The Labute approximate surface area is 192 Å². The number of amides is 1. The highest BCUT2D eigenvalue weighted by atomic mass is 32.2. The summed E-state index contributed by atoms with van der Waals surface area (Å²) in [5.74, 6) is -1.98. The van der Waals surface area contributed by atoms with E-state index in [0.717, 1.165) is 15.4 Å². The van der Waals surface area contributed by atoms with E-state index in [-0.39, 0.29) is 12.0 Å². The standard InChI is InChI=1S/C24H20F3NO4S/c1-15(28-23(31)24(25,26)27)13-16-5-9-20(10-6-16)33-21-11-7-18(8-12-21)32-19-4-2-3-17(14-19)22(29)30/h2-12,14-15H,13H2,1H3,(H,28,31)(H,29,30). The molecule has 0 aromatic heterocycles. The molecule has 0 spiro atoms. The molecule has 2 N–H and O–H groups in total. The molecule has 3 rings (SSSR count). The van der Waals surface area contributed by atoms with Crippen LogP contribution in [-0.4, -0.2) is 29.2 Å². The zero-order valence-corrected chi connectivity index (χ0v) is 18.2. The molecule has 3 aromatic carbocycles. The maximum Gasteiger partial charge on any atom is 0.471 e. The van der Waals surface area contributed by atoms with Crippen LogP contribution in [-0.2, 0) is 11.2 Å². The number of rotatable bonds is 8. The zero-order chi connectivity index (χ0) is 24.0. The maximum absolute atomic E-state index is 12.3. The Morgan fingerprint density at radius 2 is 1.58 bits per heavy atom. The third-order valence-electron chi connectivity index (χ3n) is 4.48. The van der Waals surface area contributed by atoms with Gasteiger partial charge in [0.05, 0.1) is 5.56 Å². The number of ether oxygens (including phenoxy) is 1. The summed E-state index contributed by atoms with van der Waals surface area (Å²) in [5.41, 5.74) is 0.946. The molecule has 33 heavy (non-hydrogen) atoms. The van der Waals surface area contributed by atoms with Gasteiger partial charge in [-0.2, -0.15) is 13.2 Å². The highest BCUT2D eigenvalue weighted by Gasteiger charge is 2.39. The van der Waals surface area contributed by atoms with Crippen LogP contribution < -0.4 is 10.1 Å². The highest BCUT2D eigenvalue weighted by molar-refractivity contribution is 7.99. The van der Waals surface area contributed by atoms with Crippen molar-refractivity contribution in [3.63, 3.8) is 0 Å². The molecule has 0 fully saturated rings. The molecule has 0 saturated heterocycles. The monoisotopic (exact) mass is 475 g/mol. The van der Waals surface area contributed by atoms with Gasteiger partial charge in [-0.05, 0) is 73.5 Å².